The summed E-state index contributed by atoms with van der Waals surface area (Å²) in [5.41, 5.74) is 1.64. The Morgan fingerprint density at radius 1 is 0.947 bits per heavy atom. The van der Waals surface area contributed by atoms with E-state index in [0.717, 1.165) is 4.47 Å². The normalized spacial score (nSPS) is 14.4. The number of nitrogens with zero attached hydrogens (tertiary/aromatic N) is 1. The summed E-state index contributed by atoms with van der Waals surface area (Å²) in [7, 11) is 0. The number of hydrogen-bond acceptors (Lipinski definition) is 6. The first kappa shape index (κ1) is 25.6. The Hall–Kier alpha value is -4.04. The van der Waals surface area contributed by atoms with Gasteiger partial charge in [0.05, 0.1) is 30.2 Å². The molecule has 1 atom stereocenters. The quantitative estimate of drug-likeness (QED) is 0.207. The van der Waals surface area contributed by atoms with Crippen molar-refractivity contribution in [3.63, 3.8) is 0 Å². The molecule has 3 aromatic carbocycles. The van der Waals surface area contributed by atoms with Crippen LogP contribution in [0.4, 0.5) is 5.69 Å². The van der Waals surface area contributed by atoms with Gasteiger partial charge in [-0.2, -0.15) is 0 Å². The fourth-order valence-corrected chi connectivity index (χ4v) is 4.99. The van der Waals surface area contributed by atoms with Crippen LogP contribution < -0.4 is 24.5 Å². The monoisotopic (exact) mass is 575 g/mol. The second kappa shape index (κ2) is 10.8. The molecule has 1 aliphatic rings. The third-order valence-electron chi connectivity index (χ3n) is 6.20. The van der Waals surface area contributed by atoms with E-state index in [-0.39, 0.29) is 16.8 Å². The number of fused-ring (bicyclic) bond motifs is 2. The first-order valence-electron chi connectivity index (χ1n) is 12.3. The summed E-state index contributed by atoms with van der Waals surface area (Å²) >= 11 is 3.44. The number of rotatable bonds is 9. The van der Waals surface area contributed by atoms with Gasteiger partial charge in [-0.25, -0.2) is 0 Å². The molecule has 1 amide bonds. The fourth-order valence-electron chi connectivity index (χ4n) is 4.63. The van der Waals surface area contributed by atoms with Crippen LogP contribution in [0.1, 0.15) is 41.6 Å². The first-order valence-corrected chi connectivity index (χ1v) is 13.1. The minimum absolute atomic E-state index is 0.0219. The van der Waals surface area contributed by atoms with Crippen molar-refractivity contribution in [2.75, 3.05) is 24.7 Å². The van der Waals surface area contributed by atoms with Crippen LogP contribution >= 0.6 is 15.9 Å². The largest absolute Gasteiger partial charge is 0.494 e. The third kappa shape index (κ3) is 4.56. The molecule has 0 spiro atoms. The van der Waals surface area contributed by atoms with Crippen molar-refractivity contribution in [1.29, 1.82) is 0 Å². The average molecular weight is 576 g/mol. The number of carbonyl (C=O) groups is 1. The highest BCUT2D eigenvalue weighted by molar-refractivity contribution is 9.10. The van der Waals surface area contributed by atoms with Gasteiger partial charge < -0.3 is 18.6 Å². The predicted octanol–water partition coefficient (Wildman–Crippen LogP) is 6.67. The highest BCUT2D eigenvalue weighted by Gasteiger charge is 2.44. The standard InChI is InChI=1S/C30H26BrNO6/c1-4-15-37-24-13-7-18(16-25(24)36-6-3)27-26-28(33)22-17-19(31)8-14-23(22)38-29(26)30(34)32(27)20-9-11-21(12-10-20)35-5-2/h4,7-14,16-17,27H,1,5-6,15H2,2-3H3. The van der Waals surface area contributed by atoms with E-state index in [9.17, 15) is 9.59 Å². The van der Waals surface area contributed by atoms with E-state index < -0.39 is 11.9 Å². The molecule has 5 rings (SSSR count). The van der Waals surface area contributed by atoms with Gasteiger partial charge in [-0.1, -0.05) is 34.7 Å². The maximum Gasteiger partial charge on any atom is 0.295 e. The van der Waals surface area contributed by atoms with Gasteiger partial charge in [0.15, 0.2) is 16.9 Å². The van der Waals surface area contributed by atoms with Crippen molar-refractivity contribution in [2.24, 2.45) is 0 Å². The molecule has 4 aromatic rings. The minimum Gasteiger partial charge on any atom is -0.494 e. The summed E-state index contributed by atoms with van der Waals surface area (Å²) in [6.07, 6.45) is 1.65. The minimum atomic E-state index is -0.747. The SMILES string of the molecule is C=CCOc1ccc(C2c3c(oc4ccc(Br)cc4c3=O)C(=O)N2c2ccc(OCC)cc2)cc1OCC. The van der Waals surface area contributed by atoms with E-state index in [0.29, 0.717) is 59.3 Å². The van der Waals surface area contributed by atoms with E-state index in [1.54, 1.807) is 65.6 Å². The lowest BCUT2D eigenvalue weighted by Crippen LogP contribution is -2.29. The van der Waals surface area contributed by atoms with Crippen LogP contribution in [0.2, 0.25) is 0 Å². The molecule has 194 valence electrons. The molecule has 0 saturated heterocycles. The summed E-state index contributed by atoms with van der Waals surface area (Å²) in [4.78, 5) is 29.3. The molecule has 1 unspecified atom stereocenters. The van der Waals surface area contributed by atoms with Gasteiger partial charge in [0, 0.05) is 10.2 Å². The van der Waals surface area contributed by atoms with Gasteiger partial charge in [-0.05, 0) is 74.0 Å². The Balaban J connectivity index is 1.72. The van der Waals surface area contributed by atoms with Crippen molar-refractivity contribution in [3.05, 3.63) is 105 Å². The first-order chi connectivity index (χ1) is 18.5. The number of amides is 1. The molecule has 2 heterocycles. The highest BCUT2D eigenvalue weighted by Crippen LogP contribution is 2.43. The van der Waals surface area contributed by atoms with E-state index in [1.165, 1.54) is 0 Å². The lowest BCUT2D eigenvalue weighted by Gasteiger charge is -2.26. The third-order valence-corrected chi connectivity index (χ3v) is 6.69. The van der Waals surface area contributed by atoms with Crippen molar-refractivity contribution in [2.45, 2.75) is 19.9 Å². The second-order valence-corrected chi connectivity index (χ2v) is 9.47. The van der Waals surface area contributed by atoms with Gasteiger partial charge in [0.1, 0.15) is 17.9 Å². The molecule has 0 N–H and O–H groups in total. The van der Waals surface area contributed by atoms with Crippen LogP contribution in [0.25, 0.3) is 11.0 Å². The Kier molecular flexibility index (Phi) is 7.24. The van der Waals surface area contributed by atoms with Crippen molar-refractivity contribution in [1.82, 2.24) is 0 Å². The van der Waals surface area contributed by atoms with Crippen molar-refractivity contribution >= 4 is 38.5 Å². The molecule has 0 radical (unpaired) electrons. The lowest BCUT2D eigenvalue weighted by atomic mass is 9.97. The molecule has 0 bridgehead atoms. The van der Waals surface area contributed by atoms with Crippen molar-refractivity contribution in [3.8, 4) is 17.2 Å². The van der Waals surface area contributed by atoms with Gasteiger partial charge in [0.25, 0.3) is 5.91 Å². The summed E-state index contributed by atoms with van der Waals surface area (Å²) < 4.78 is 24.0. The molecular weight excluding hydrogens is 550 g/mol. The maximum absolute atomic E-state index is 13.9. The van der Waals surface area contributed by atoms with E-state index in [1.807, 2.05) is 19.9 Å². The lowest BCUT2D eigenvalue weighted by molar-refractivity contribution is 0.0971. The van der Waals surface area contributed by atoms with Gasteiger partial charge >= 0.3 is 0 Å². The predicted molar refractivity (Wildman–Crippen MR) is 150 cm³/mol. The van der Waals surface area contributed by atoms with Crippen LogP contribution in [-0.4, -0.2) is 25.7 Å². The summed E-state index contributed by atoms with van der Waals surface area (Å²) in [6, 6.07) is 17.0. The second-order valence-electron chi connectivity index (χ2n) is 8.56. The van der Waals surface area contributed by atoms with Crippen LogP contribution in [0.3, 0.4) is 0 Å². The number of anilines is 1. The van der Waals surface area contributed by atoms with E-state index in [2.05, 4.69) is 22.5 Å². The van der Waals surface area contributed by atoms with E-state index in [4.69, 9.17) is 18.6 Å². The van der Waals surface area contributed by atoms with Crippen molar-refractivity contribution < 1.29 is 23.4 Å². The van der Waals surface area contributed by atoms with Crippen LogP contribution in [0.15, 0.2) is 87.0 Å². The van der Waals surface area contributed by atoms with Crippen LogP contribution in [-0.2, 0) is 0 Å². The molecule has 1 aromatic heterocycles. The zero-order valence-corrected chi connectivity index (χ0v) is 22.6. The molecule has 38 heavy (non-hydrogen) atoms. The molecule has 7 nitrogen and oxygen atoms in total. The van der Waals surface area contributed by atoms with Gasteiger partial charge in [0.2, 0.25) is 5.76 Å². The maximum atomic E-state index is 13.9. The van der Waals surface area contributed by atoms with Crippen LogP contribution in [0, 0.1) is 0 Å². The Morgan fingerprint density at radius 2 is 1.71 bits per heavy atom. The zero-order chi connectivity index (χ0) is 26.8. The number of carbonyl (C=O) groups excluding carboxylic acids is 1. The molecule has 0 fully saturated rings. The molecule has 0 saturated carbocycles. The average Bonchev–Trinajstić information content (AvgIpc) is 3.21. The molecule has 0 aliphatic carbocycles. The smallest absolute Gasteiger partial charge is 0.295 e. The Labute approximate surface area is 228 Å². The van der Waals surface area contributed by atoms with Crippen LogP contribution in [0.5, 0.6) is 17.2 Å². The molecule has 8 heteroatoms. The number of benzene rings is 3. The number of ether oxygens (including phenoxy) is 3. The molecular formula is C30H26BrNO6. The number of halogens is 1. The summed E-state index contributed by atoms with van der Waals surface area (Å²) in [5, 5.41) is 0.389. The van der Waals surface area contributed by atoms with Gasteiger partial charge in [-0.15, -0.1) is 0 Å². The highest BCUT2D eigenvalue weighted by atomic mass is 79.9. The zero-order valence-electron chi connectivity index (χ0n) is 21.0. The Bertz CT molecular complexity index is 1580. The topological polar surface area (TPSA) is 78.2 Å². The Morgan fingerprint density at radius 3 is 2.42 bits per heavy atom. The molecule has 1 aliphatic heterocycles. The van der Waals surface area contributed by atoms with E-state index >= 15 is 0 Å². The summed E-state index contributed by atoms with van der Waals surface area (Å²) in [5.74, 6) is 1.35. The van der Waals surface area contributed by atoms with Gasteiger partial charge in [-0.3, -0.25) is 14.5 Å². The summed E-state index contributed by atoms with van der Waals surface area (Å²) in [6.45, 7) is 8.74. The number of hydrogen-bond donors (Lipinski definition) is 0. The fraction of sp³-hybridized carbons (Fsp3) is 0.200.